The highest BCUT2D eigenvalue weighted by atomic mass is 127. The topological polar surface area (TPSA) is 51.2 Å². The maximum atomic E-state index is 12.0. The number of Topliss-reactive ketones (excluding diaryl/α,β-unsaturated/α-hetero) is 1. The molecule has 1 rings (SSSR count). The first-order chi connectivity index (χ1) is 7.72. The number of rotatable bonds is 4. The molecule has 0 saturated carbocycles. The summed E-state index contributed by atoms with van der Waals surface area (Å²) in [7, 11) is -3.66. The van der Waals surface area contributed by atoms with Gasteiger partial charge in [-0.05, 0) is 34.7 Å². The van der Waals surface area contributed by atoms with Crippen LogP contribution in [0.2, 0.25) is 0 Å². The number of carbonyl (C=O) groups is 1. The number of carbonyl (C=O) groups excluding carboxylic acids is 1. The zero-order valence-electron chi connectivity index (χ0n) is 8.78. The number of hydrogen-bond acceptors (Lipinski definition) is 3. The Hall–Kier alpha value is 0.340. The first-order valence-corrected chi connectivity index (χ1v) is 8.53. The minimum Gasteiger partial charge on any atom is -0.290 e. The molecule has 94 valence electrons. The van der Waals surface area contributed by atoms with E-state index >= 15 is 0 Å². The number of ketones is 1. The van der Waals surface area contributed by atoms with Crippen molar-refractivity contribution in [1.82, 2.24) is 0 Å². The average Bonchev–Trinajstić information content (AvgIpc) is 2.28. The molecule has 17 heavy (non-hydrogen) atoms. The van der Waals surface area contributed by atoms with Gasteiger partial charge in [0.05, 0.1) is 5.75 Å². The van der Waals surface area contributed by atoms with E-state index in [1.165, 1.54) is 41.6 Å². The lowest BCUT2D eigenvalue weighted by Gasteiger charge is -2.18. The van der Waals surface area contributed by atoms with Crippen LogP contribution in [0.1, 0.15) is 17.3 Å². The van der Waals surface area contributed by atoms with Crippen LogP contribution in [0.3, 0.4) is 0 Å². The Labute approximate surface area is 127 Å². The first-order valence-electron chi connectivity index (χ1n) is 4.63. The van der Waals surface area contributed by atoms with Gasteiger partial charge in [-0.15, -0.1) is 0 Å². The second-order valence-electron chi connectivity index (χ2n) is 3.26. The fourth-order valence-corrected chi connectivity index (χ4v) is 3.80. The molecule has 0 N–H and O–H groups in total. The van der Waals surface area contributed by atoms with Crippen LogP contribution >= 0.6 is 50.1 Å². The van der Waals surface area contributed by atoms with Gasteiger partial charge in [0.25, 0.3) is 2.21 Å². The molecule has 1 unspecified atom stereocenters. The van der Waals surface area contributed by atoms with E-state index in [1.54, 1.807) is 12.1 Å². The minimum atomic E-state index is -3.66. The Morgan fingerprint density at radius 1 is 1.41 bits per heavy atom. The Morgan fingerprint density at radius 3 is 2.29 bits per heavy atom. The molecule has 0 aliphatic heterocycles. The van der Waals surface area contributed by atoms with Gasteiger partial charge in [-0.2, -0.15) is 0 Å². The van der Waals surface area contributed by atoms with Gasteiger partial charge in [-0.25, -0.2) is 8.42 Å². The fourth-order valence-electron chi connectivity index (χ4n) is 1.09. The number of sulfone groups is 1. The molecule has 0 bridgehead atoms. The zero-order chi connectivity index (χ0) is 13.3. The van der Waals surface area contributed by atoms with Gasteiger partial charge in [0, 0.05) is 10.0 Å². The molecule has 0 saturated heterocycles. The summed E-state index contributed by atoms with van der Waals surface area (Å²) in [5.74, 6) is -0.795. The van der Waals surface area contributed by atoms with Crippen LogP contribution in [0.4, 0.5) is 0 Å². The van der Waals surface area contributed by atoms with Crippen molar-refractivity contribution in [3.8, 4) is 0 Å². The largest absolute Gasteiger partial charge is 0.290 e. The molecular weight excluding hydrogens is 442 g/mol. The molecule has 0 heterocycles. The second kappa shape index (κ2) is 5.54. The van der Waals surface area contributed by atoms with E-state index in [0.29, 0.717) is 0 Å². The summed E-state index contributed by atoms with van der Waals surface area (Å²) in [5.41, 5.74) is 0.273. The van der Waals surface area contributed by atoms with Crippen LogP contribution in [0.25, 0.3) is 0 Å². The van der Waals surface area contributed by atoms with Crippen LogP contribution in [0.5, 0.6) is 0 Å². The number of alkyl halides is 2. The SMILES string of the molecule is CCS(=O)(=O)C(Cl)(I)C(=O)c1ccc(Br)cc1. The van der Waals surface area contributed by atoms with E-state index in [1.807, 2.05) is 0 Å². The van der Waals surface area contributed by atoms with Gasteiger partial charge in [0.1, 0.15) is 0 Å². The van der Waals surface area contributed by atoms with Crippen molar-refractivity contribution in [2.75, 3.05) is 5.75 Å². The van der Waals surface area contributed by atoms with Crippen molar-refractivity contribution in [3.63, 3.8) is 0 Å². The molecule has 0 spiro atoms. The minimum absolute atomic E-state index is 0.179. The third kappa shape index (κ3) is 3.21. The molecule has 0 aliphatic rings. The molecule has 0 radical (unpaired) electrons. The molecule has 1 aromatic carbocycles. The van der Waals surface area contributed by atoms with Crippen LogP contribution in [0.15, 0.2) is 28.7 Å². The van der Waals surface area contributed by atoms with Crippen LogP contribution in [-0.2, 0) is 9.84 Å². The lowest BCUT2D eigenvalue weighted by atomic mass is 10.1. The van der Waals surface area contributed by atoms with Crippen LogP contribution in [0, 0.1) is 0 Å². The van der Waals surface area contributed by atoms with Crippen molar-refractivity contribution in [1.29, 1.82) is 0 Å². The van der Waals surface area contributed by atoms with E-state index in [4.69, 9.17) is 11.6 Å². The summed E-state index contributed by atoms with van der Waals surface area (Å²) >= 11 is 10.6. The van der Waals surface area contributed by atoms with Gasteiger partial charge in [-0.1, -0.05) is 46.6 Å². The lowest BCUT2D eigenvalue weighted by Crippen LogP contribution is -2.36. The van der Waals surface area contributed by atoms with E-state index in [9.17, 15) is 13.2 Å². The van der Waals surface area contributed by atoms with Gasteiger partial charge >= 0.3 is 0 Å². The Bertz CT molecular complexity index is 525. The highest BCUT2D eigenvalue weighted by molar-refractivity contribution is 14.1. The molecular formula is C10H9BrClIO3S. The number of benzene rings is 1. The smallest absolute Gasteiger partial charge is 0.257 e. The second-order valence-corrected chi connectivity index (χ2v) is 10.4. The monoisotopic (exact) mass is 450 g/mol. The van der Waals surface area contributed by atoms with Crippen LogP contribution in [-0.4, -0.2) is 22.2 Å². The van der Waals surface area contributed by atoms with Crippen LogP contribution < -0.4 is 0 Å². The Kier molecular flexibility index (Phi) is 5.02. The van der Waals surface area contributed by atoms with Crippen molar-refractivity contribution in [2.24, 2.45) is 0 Å². The molecule has 0 fully saturated rings. The van der Waals surface area contributed by atoms with E-state index < -0.39 is 17.8 Å². The summed E-state index contributed by atoms with van der Waals surface area (Å²) in [6, 6.07) is 6.39. The number of halogens is 3. The molecule has 0 amide bonds. The van der Waals surface area contributed by atoms with Gasteiger partial charge < -0.3 is 0 Å². The quantitative estimate of drug-likeness (QED) is 0.401. The molecule has 0 aliphatic carbocycles. The maximum absolute atomic E-state index is 12.0. The van der Waals surface area contributed by atoms with E-state index in [2.05, 4.69) is 15.9 Å². The highest BCUT2D eigenvalue weighted by Gasteiger charge is 2.45. The Balaban J connectivity index is 3.18. The summed E-state index contributed by atoms with van der Waals surface area (Å²) in [6.45, 7) is 1.46. The zero-order valence-corrected chi connectivity index (χ0v) is 14.1. The van der Waals surface area contributed by atoms with Crippen molar-refractivity contribution in [2.45, 2.75) is 9.14 Å². The fraction of sp³-hybridized carbons (Fsp3) is 0.300. The number of hydrogen-bond donors (Lipinski definition) is 0. The summed E-state index contributed by atoms with van der Waals surface area (Å²) < 4.78 is 22.3. The van der Waals surface area contributed by atoms with E-state index in [-0.39, 0.29) is 11.3 Å². The van der Waals surface area contributed by atoms with Crippen molar-refractivity contribution < 1.29 is 13.2 Å². The van der Waals surface area contributed by atoms with E-state index in [0.717, 1.165) is 4.47 Å². The molecule has 1 atom stereocenters. The van der Waals surface area contributed by atoms with Gasteiger partial charge in [0.15, 0.2) is 9.84 Å². The standard InChI is InChI=1S/C10H9BrClIO3S/c1-2-17(15,16)10(12,13)9(14)7-3-5-8(11)6-4-7/h3-6H,2H2,1H3. The predicted molar refractivity (Wildman–Crippen MR) is 80.5 cm³/mol. The molecule has 0 aromatic heterocycles. The third-order valence-corrected chi connectivity index (χ3v) is 7.78. The summed E-state index contributed by atoms with van der Waals surface area (Å²) in [4.78, 5) is 12.0. The summed E-state index contributed by atoms with van der Waals surface area (Å²) in [5, 5.41) is 0. The van der Waals surface area contributed by atoms with Crippen molar-refractivity contribution in [3.05, 3.63) is 34.3 Å². The maximum Gasteiger partial charge on any atom is 0.257 e. The van der Waals surface area contributed by atoms with Crippen molar-refractivity contribution >= 4 is 65.7 Å². The highest BCUT2D eigenvalue weighted by Crippen LogP contribution is 2.35. The Morgan fingerprint density at radius 2 is 1.88 bits per heavy atom. The average molecular weight is 452 g/mol. The normalized spacial score (nSPS) is 15.3. The third-order valence-electron chi connectivity index (χ3n) is 2.14. The summed E-state index contributed by atoms with van der Waals surface area (Å²) in [6.07, 6.45) is 0. The molecule has 7 heteroatoms. The van der Waals surface area contributed by atoms with Gasteiger partial charge in [-0.3, -0.25) is 4.79 Å². The van der Waals surface area contributed by atoms with Gasteiger partial charge in [0.2, 0.25) is 5.78 Å². The molecule has 3 nitrogen and oxygen atoms in total. The first kappa shape index (κ1) is 15.4. The lowest BCUT2D eigenvalue weighted by molar-refractivity contribution is 0.100. The molecule has 1 aromatic rings. The predicted octanol–water partition coefficient (Wildman–Crippen LogP) is 3.39.